The lowest BCUT2D eigenvalue weighted by Crippen LogP contribution is -2.44. The number of ether oxygens (including phenoxy) is 1. The minimum Gasteiger partial charge on any atom is -0.456 e. The third kappa shape index (κ3) is 3.33. The van der Waals surface area contributed by atoms with E-state index in [0.29, 0.717) is 12.5 Å². The Kier molecular flexibility index (Phi) is 3.88. The van der Waals surface area contributed by atoms with E-state index in [1.807, 2.05) is 0 Å². The van der Waals surface area contributed by atoms with Crippen molar-refractivity contribution in [3.05, 3.63) is 0 Å². The van der Waals surface area contributed by atoms with Crippen molar-refractivity contribution in [1.82, 2.24) is 5.01 Å². The summed E-state index contributed by atoms with van der Waals surface area (Å²) in [4.78, 5) is 21.7. The molecule has 5 nitrogen and oxygen atoms in total. The van der Waals surface area contributed by atoms with Gasteiger partial charge in [-0.25, -0.2) is 5.84 Å². The van der Waals surface area contributed by atoms with Crippen molar-refractivity contribution in [1.29, 1.82) is 0 Å². The first-order chi connectivity index (χ1) is 6.59. The van der Waals surface area contributed by atoms with E-state index in [1.54, 1.807) is 0 Å². The van der Waals surface area contributed by atoms with Crippen LogP contribution in [0.25, 0.3) is 0 Å². The Morgan fingerprint density at radius 3 is 2.57 bits per heavy atom. The number of amides is 1. The number of rotatable bonds is 4. The third-order valence-corrected chi connectivity index (χ3v) is 2.40. The van der Waals surface area contributed by atoms with Crippen LogP contribution in [-0.2, 0) is 14.3 Å². The molecule has 1 aliphatic rings. The Hall–Kier alpha value is -1.10. The maximum atomic E-state index is 11.2. The second-order valence-corrected chi connectivity index (χ2v) is 3.62. The summed E-state index contributed by atoms with van der Waals surface area (Å²) in [6.45, 7) is 1.58. The van der Waals surface area contributed by atoms with E-state index in [0.717, 1.165) is 17.9 Å². The number of hydrazine groups is 1. The average Bonchev–Trinajstić information content (AvgIpc) is 2.06. The molecule has 2 N–H and O–H groups in total. The van der Waals surface area contributed by atoms with Gasteiger partial charge in [0.1, 0.15) is 0 Å². The second-order valence-electron chi connectivity index (χ2n) is 3.62. The van der Waals surface area contributed by atoms with Gasteiger partial charge in [0, 0.05) is 13.5 Å². The van der Waals surface area contributed by atoms with E-state index < -0.39 is 5.97 Å². The molecule has 0 saturated heterocycles. The molecule has 0 aromatic heterocycles. The molecule has 0 atom stereocenters. The summed E-state index contributed by atoms with van der Waals surface area (Å²) in [7, 11) is 0. The number of hydrogen-bond donors (Lipinski definition) is 1. The van der Waals surface area contributed by atoms with Gasteiger partial charge in [-0.3, -0.25) is 14.6 Å². The molecular formula is C9H16N2O3. The highest BCUT2D eigenvalue weighted by Gasteiger charge is 2.22. The number of carbonyl (C=O) groups is 2. The molecule has 0 unspecified atom stereocenters. The van der Waals surface area contributed by atoms with Crippen molar-refractivity contribution >= 4 is 11.9 Å². The molecule has 0 radical (unpaired) electrons. The Bertz CT molecular complexity index is 226. The van der Waals surface area contributed by atoms with Gasteiger partial charge in [-0.15, -0.1) is 0 Å². The lowest BCUT2D eigenvalue weighted by Gasteiger charge is -2.29. The molecule has 0 aliphatic heterocycles. The van der Waals surface area contributed by atoms with Crippen LogP contribution >= 0.6 is 0 Å². The fourth-order valence-corrected chi connectivity index (χ4v) is 1.30. The first-order valence-corrected chi connectivity index (χ1v) is 4.78. The van der Waals surface area contributed by atoms with Crippen LogP contribution in [-0.4, -0.2) is 30.0 Å². The quantitative estimate of drug-likeness (QED) is 0.301. The monoisotopic (exact) mass is 200 g/mol. The average molecular weight is 200 g/mol. The van der Waals surface area contributed by atoms with E-state index in [1.165, 1.54) is 13.3 Å². The molecule has 0 bridgehead atoms. The highest BCUT2D eigenvalue weighted by Crippen LogP contribution is 2.26. The SMILES string of the molecule is CC(=O)OCC(=O)N(N)CC1CCC1. The largest absolute Gasteiger partial charge is 0.456 e. The molecule has 0 heterocycles. The summed E-state index contributed by atoms with van der Waals surface area (Å²) in [5, 5.41) is 1.15. The summed E-state index contributed by atoms with van der Waals surface area (Å²) in [6, 6.07) is 0. The number of nitrogens with zero attached hydrogens (tertiary/aromatic N) is 1. The van der Waals surface area contributed by atoms with Gasteiger partial charge in [-0.2, -0.15) is 0 Å². The Morgan fingerprint density at radius 1 is 1.50 bits per heavy atom. The van der Waals surface area contributed by atoms with Gasteiger partial charge in [0.05, 0.1) is 0 Å². The highest BCUT2D eigenvalue weighted by molar-refractivity contribution is 5.79. The molecule has 5 heteroatoms. The minimum atomic E-state index is -0.463. The van der Waals surface area contributed by atoms with Crippen LogP contribution in [0.4, 0.5) is 0 Å². The van der Waals surface area contributed by atoms with E-state index in [4.69, 9.17) is 5.84 Å². The van der Waals surface area contributed by atoms with Gasteiger partial charge >= 0.3 is 5.97 Å². The third-order valence-electron chi connectivity index (χ3n) is 2.40. The van der Waals surface area contributed by atoms with Gasteiger partial charge in [0.2, 0.25) is 0 Å². The number of carbonyl (C=O) groups excluding carboxylic acids is 2. The molecule has 1 fully saturated rings. The van der Waals surface area contributed by atoms with Gasteiger partial charge in [0.25, 0.3) is 5.91 Å². The number of hydrogen-bond acceptors (Lipinski definition) is 4. The maximum absolute atomic E-state index is 11.2. The van der Waals surface area contributed by atoms with Crippen molar-refractivity contribution in [3.63, 3.8) is 0 Å². The number of esters is 1. The zero-order valence-corrected chi connectivity index (χ0v) is 8.36. The van der Waals surface area contributed by atoms with Gasteiger partial charge < -0.3 is 4.74 Å². The van der Waals surface area contributed by atoms with Crippen molar-refractivity contribution in [3.8, 4) is 0 Å². The molecule has 1 amide bonds. The molecule has 1 rings (SSSR count). The number of nitrogens with two attached hydrogens (primary N) is 1. The van der Waals surface area contributed by atoms with E-state index in [9.17, 15) is 9.59 Å². The molecule has 0 aromatic rings. The van der Waals surface area contributed by atoms with E-state index in [-0.39, 0.29) is 12.5 Å². The van der Waals surface area contributed by atoms with Crippen LogP contribution in [0.5, 0.6) is 0 Å². The molecule has 1 saturated carbocycles. The smallest absolute Gasteiger partial charge is 0.303 e. The second kappa shape index (κ2) is 4.95. The minimum absolute atomic E-state index is 0.251. The first kappa shape index (κ1) is 11.0. The molecular weight excluding hydrogens is 184 g/mol. The predicted octanol–water partition coefficient (Wildman–Crippen LogP) is 0.0519. The lowest BCUT2D eigenvalue weighted by molar-refractivity contribution is -0.150. The summed E-state index contributed by atoms with van der Waals surface area (Å²) in [5.74, 6) is 5.23. The zero-order valence-electron chi connectivity index (χ0n) is 8.36. The van der Waals surface area contributed by atoms with Crippen LogP contribution in [0, 0.1) is 5.92 Å². The van der Waals surface area contributed by atoms with Gasteiger partial charge in [-0.05, 0) is 18.8 Å². The summed E-state index contributed by atoms with van der Waals surface area (Å²) in [6.07, 6.45) is 3.49. The van der Waals surface area contributed by atoms with Crippen LogP contribution in [0.15, 0.2) is 0 Å². The topological polar surface area (TPSA) is 72.6 Å². The van der Waals surface area contributed by atoms with Gasteiger partial charge in [-0.1, -0.05) is 6.42 Å². The van der Waals surface area contributed by atoms with E-state index >= 15 is 0 Å². The molecule has 0 spiro atoms. The first-order valence-electron chi connectivity index (χ1n) is 4.78. The molecule has 1 aliphatic carbocycles. The fraction of sp³-hybridized carbons (Fsp3) is 0.778. The Balaban J connectivity index is 2.17. The lowest BCUT2D eigenvalue weighted by atomic mass is 9.85. The van der Waals surface area contributed by atoms with Crippen LogP contribution in [0.1, 0.15) is 26.2 Å². The maximum Gasteiger partial charge on any atom is 0.303 e. The van der Waals surface area contributed by atoms with E-state index in [2.05, 4.69) is 4.74 Å². The highest BCUT2D eigenvalue weighted by atomic mass is 16.5. The summed E-state index contributed by atoms with van der Waals surface area (Å²) in [5.41, 5.74) is 0. The van der Waals surface area contributed by atoms with Crippen LogP contribution < -0.4 is 5.84 Å². The standard InChI is InChI=1S/C9H16N2O3/c1-7(12)14-6-9(13)11(10)5-8-3-2-4-8/h8H,2-6,10H2,1H3. The molecule has 0 aromatic carbocycles. The van der Waals surface area contributed by atoms with Crippen LogP contribution in [0.3, 0.4) is 0 Å². The summed E-state index contributed by atoms with van der Waals surface area (Å²) >= 11 is 0. The fourth-order valence-electron chi connectivity index (χ4n) is 1.30. The van der Waals surface area contributed by atoms with Gasteiger partial charge in [0.15, 0.2) is 6.61 Å². The summed E-state index contributed by atoms with van der Waals surface area (Å²) < 4.78 is 4.55. The molecule has 14 heavy (non-hydrogen) atoms. The van der Waals surface area contributed by atoms with Crippen molar-refractivity contribution in [2.24, 2.45) is 11.8 Å². The Morgan fingerprint density at radius 2 is 2.14 bits per heavy atom. The Labute approximate surface area is 83.2 Å². The van der Waals surface area contributed by atoms with Crippen LogP contribution in [0.2, 0.25) is 0 Å². The van der Waals surface area contributed by atoms with Crippen molar-refractivity contribution < 1.29 is 14.3 Å². The molecule has 80 valence electrons. The predicted molar refractivity (Wildman–Crippen MR) is 49.9 cm³/mol. The van der Waals surface area contributed by atoms with Crippen molar-refractivity contribution in [2.75, 3.05) is 13.2 Å². The normalized spacial score (nSPS) is 15.9. The zero-order chi connectivity index (χ0) is 10.6. The van der Waals surface area contributed by atoms with Crippen molar-refractivity contribution in [2.45, 2.75) is 26.2 Å².